The minimum atomic E-state index is -2.28. The molecule has 2 N–H and O–H groups in total. The number of likely N-dealkylation sites (tertiary alicyclic amines) is 1. The number of rotatable bonds is 6. The van der Waals surface area contributed by atoms with E-state index in [1.54, 1.807) is 48.2 Å². The molecule has 4 rings (SSSR count). The van der Waals surface area contributed by atoms with E-state index in [0.717, 1.165) is 10.8 Å². The molecule has 10 heteroatoms. The third kappa shape index (κ3) is 4.86. The van der Waals surface area contributed by atoms with Crippen molar-refractivity contribution in [2.75, 3.05) is 29.3 Å². The number of fused-ring (bicyclic) bond motifs is 1. The van der Waals surface area contributed by atoms with Crippen molar-refractivity contribution in [2.45, 2.75) is 25.8 Å². The lowest BCUT2D eigenvalue weighted by Gasteiger charge is -2.37. The van der Waals surface area contributed by atoms with Crippen LogP contribution in [0.1, 0.15) is 30.3 Å². The molecule has 0 saturated carbocycles. The first-order chi connectivity index (χ1) is 16.0. The number of amides is 2. The smallest absolute Gasteiger partial charge is 0.409 e. The highest BCUT2D eigenvalue weighted by molar-refractivity contribution is 7.80. The van der Waals surface area contributed by atoms with E-state index in [4.69, 9.17) is 9.15 Å². The van der Waals surface area contributed by atoms with Crippen LogP contribution in [0.25, 0.3) is 10.8 Å². The maximum atomic E-state index is 12.5. The van der Waals surface area contributed by atoms with Gasteiger partial charge in [0.15, 0.2) is 5.76 Å². The van der Waals surface area contributed by atoms with Crippen molar-refractivity contribution in [3.63, 3.8) is 0 Å². The van der Waals surface area contributed by atoms with Gasteiger partial charge in [-0.2, -0.15) is 0 Å². The SMILES string of the molecule is CCOC(=O)N1CCC(N(c2cccc3c(NC(=O)c4ccco4)cccc23)S(=O)O)CC1. The Morgan fingerprint density at radius 2 is 1.88 bits per heavy atom. The number of furan rings is 1. The second-order valence-electron chi connectivity index (χ2n) is 7.58. The summed E-state index contributed by atoms with van der Waals surface area (Å²) in [6.07, 6.45) is 2.11. The Kier molecular flexibility index (Phi) is 6.95. The molecule has 9 nitrogen and oxygen atoms in total. The lowest BCUT2D eigenvalue weighted by molar-refractivity contribution is 0.0974. The Morgan fingerprint density at radius 3 is 2.55 bits per heavy atom. The zero-order valence-electron chi connectivity index (χ0n) is 18.1. The molecule has 1 aliphatic rings. The number of nitrogens with one attached hydrogen (secondary N) is 1. The first-order valence-corrected chi connectivity index (χ1v) is 11.7. The fourth-order valence-electron chi connectivity index (χ4n) is 4.09. The summed E-state index contributed by atoms with van der Waals surface area (Å²) in [6.45, 7) is 2.94. The first-order valence-electron chi connectivity index (χ1n) is 10.7. The van der Waals surface area contributed by atoms with Crippen LogP contribution in [-0.4, -0.2) is 51.4 Å². The first kappa shape index (κ1) is 22.8. The van der Waals surface area contributed by atoms with E-state index in [9.17, 15) is 18.4 Å². The van der Waals surface area contributed by atoms with Crippen molar-refractivity contribution in [3.05, 3.63) is 60.6 Å². The van der Waals surface area contributed by atoms with Crippen molar-refractivity contribution in [1.82, 2.24) is 4.90 Å². The van der Waals surface area contributed by atoms with Gasteiger partial charge in [0.05, 0.1) is 18.6 Å². The number of nitrogens with zero attached hydrogens (tertiary/aromatic N) is 2. The van der Waals surface area contributed by atoms with Gasteiger partial charge in [0.25, 0.3) is 17.2 Å². The van der Waals surface area contributed by atoms with Crippen molar-refractivity contribution < 1.29 is 27.5 Å². The Balaban J connectivity index is 1.61. The van der Waals surface area contributed by atoms with Crippen LogP contribution in [0.4, 0.5) is 16.2 Å². The minimum Gasteiger partial charge on any atom is -0.459 e. The Labute approximate surface area is 193 Å². The second kappa shape index (κ2) is 10.1. The Morgan fingerprint density at radius 1 is 1.15 bits per heavy atom. The van der Waals surface area contributed by atoms with Gasteiger partial charge in [0.2, 0.25) is 0 Å². The van der Waals surface area contributed by atoms with Crippen LogP contribution in [0.15, 0.2) is 59.2 Å². The number of anilines is 2. The van der Waals surface area contributed by atoms with E-state index in [2.05, 4.69) is 5.32 Å². The standard InChI is InChI=1S/C23H25N3O6S/c1-2-31-23(28)25-13-11-16(12-14-25)26(33(29)30)20-9-4-6-17-18(20)7-3-8-19(17)24-22(27)21-10-5-15-32-21/h3-10,15-16H,2,11-14H2,1H3,(H,24,27)(H,29,30). The Hall–Kier alpha value is -3.37. The molecule has 1 fully saturated rings. The van der Waals surface area contributed by atoms with Crippen molar-refractivity contribution in [1.29, 1.82) is 0 Å². The molecule has 3 aromatic rings. The topological polar surface area (TPSA) is 112 Å². The molecule has 33 heavy (non-hydrogen) atoms. The second-order valence-corrected chi connectivity index (χ2v) is 8.44. The molecule has 2 amide bonds. The highest BCUT2D eigenvalue weighted by atomic mass is 32.2. The summed E-state index contributed by atoms with van der Waals surface area (Å²) in [7, 11) is 0. The number of ether oxygens (including phenoxy) is 1. The number of carbonyl (C=O) groups is 2. The fourth-order valence-corrected chi connectivity index (χ4v) is 4.89. The number of hydrogen-bond donors (Lipinski definition) is 2. The van der Waals surface area contributed by atoms with Crippen molar-refractivity contribution in [3.8, 4) is 0 Å². The van der Waals surface area contributed by atoms with Crippen LogP contribution in [0, 0.1) is 0 Å². The van der Waals surface area contributed by atoms with Gasteiger partial charge in [-0.05, 0) is 44.0 Å². The zero-order valence-corrected chi connectivity index (χ0v) is 18.9. The molecule has 1 aromatic heterocycles. The summed E-state index contributed by atoms with van der Waals surface area (Å²) in [5.74, 6) is -0.193. The summed E-state index contributed by atoms with van der Waals surface area (Å²) < 4.78 is 34.3. The summed E-state index contributed by atoms with van der Waals surface area (Å²) in [6, 6.07) is 13.8. The largest absolute Gasteiger partial charge is 0.459 e. The zero-order chi connectivity index (χ0) is 23.4. The molecule has 1 saturated heterocycles. The number of piperidine rings is 1. The average Bonchev–Trinajstić information content (AvgIpc) is 3.35. The molecule has 2 aromatic carbocycles. The number of hydrogen-bond acceptors (Lipinski definition) is 5. The van der Waals surface area contributed by atoms with E-state index >= 15 is 0 Å². The van der Waals surface area contributed by atoms with Gasteiger partial charge >= 0.3 is 6.09 Å². The average molecular weight is 472 g/mol. The molecule has 1 unspecified atom stereocenters. The third-order valence-electron chi connectivity index (χ3n) is 5.62. The minimum absolute atomic E-state index is 0.189. The van der Waals surface area contributed by atoms with E-state index in [1.165, 1.54) is 10.6 Å². The highest BCUT2D eigenvalue weighted by Crippen LogP contribution is 2.35. The quantitative estimate of drug-likeness (QED) is 0.520. The van der Waals surface area contributed by atoms with Crippen molar-refractivity contribution >= 4 is 45.4 Å². The van der Waals surface area contributed by atoms with Gasteiger partial charge in [-0.25, -0.2) is 9.00 Å². The molecule has 0 bridgehead atoms. The molecule has 0 aliphatic carbocycles. The predicted octanol–water partition coefficient (Wildman–Crippen LogP) is 4.25. The predicted molar refractivity (Wildman–Crippen MR) is 125 cm³/mol. The van der Waals surface area contributed by atoms with Gasteiger partial charge in [0.1, 0.15) is 0 Å². The molecule has 1 atom stereocenters. The van der Waals surface area contributed by atoms with Gasteiger partial charge in [-0.3, -0.25) is 13.7 Å². The van der Waals surface area contributed by atoms with E-state index in [1.807, 2.05) is 12.1 Å². The van der Waals surface area contributed by atoms with Crippen LogP contribution in [0.5, 0.6) is 0 Å². The maximum absolute atomic E-state index is 12.5. The molecule has 174 valence electrons. The summed E-state index contributed by atoms with van der Waals surface area (Å²) in [4.78, 5) is 26.1. The molecular weight excluding hydrogens is 446 g/mol. The van der Waals surface area contributed by atoms with Gasteiger partial charge < -0.3 is 19.4 Å². The number of benzene rings is 2. The summed E-state index contributed by atoms with van der Waals surface area (Å²) >= 11 is -2.28. The fraction of sp³-hybridized carbons (Fsp3) is 0.304. The molecule has 0 radical (unpaired) electrons. The van der Waals surface area contributed by atoms with Crippen LogP contribution in [-0.2, 0) is 16.0 Å². The summed E-state index contributed by atoms with van der Waals surface area (Å²) in [5, 5.41) is 4.30. The van der Waals surface area contributed by atoms with Crippen LogP contribution >= 0.6 is 0 Å². The van der Waals surface area contributed by atoms with Crippen molar-refractivity contribution in [2.24, 2.45) is 0 Å². The third-order valence-corrected chi connectivity index (χ3v) is 6.45. The monoisotopic (exact) mass is 471 g/mol. The van der Waals surface area contributed by atoms with E-state index < -0.39 is 11.3 Å². The molecule has 0 spiro atoms. The van der Waals surface area contributed by atoms with Crippen LogP contribution < -0.4 is 9.62 Å². The normalized spacial score (nSPS) is 15.3. The maximum Gasteiger partial charge on any atom is 0.409 e. The molecule has 1 aliphatic heterocycles. The van der Waals surface area contributed by atoms with E-state index in [0.29, 0.717) is 43.9 Å². The molecular formula is C23H25N3O6S. The lowest BCUT2D eigenvalue weighted by Crippen LogP contribution is -2.47. The van der Waals surface area contributed by atoms with Crippen LogP contribution in [0.3, 0.4) is 0 Å². The number of carbonyl (C=O) groups excluding carboxylic acids is 2. The lowest BCUT2D eigenvalue weighted by atomic mass is 10.0. The van der Waals surface area contributed by atoms with Gasteiger partial charge in [-0.15, -0.1) is 0 Å². The van der Waals surface area contributed by atoms with Gasteiger partial charge in [0, 0.05) is 35.6 Å². The highest BCUT2D eigenvalue weighted by Gasteiger charge is 2.31. The van der Waals surface area contributed by atoms with E-state index in [-0.39, 0.29) is 23.8 Å². The van der Waals surface area contributed by atoms with Crippen LogP contribution in [0.2, 0.25) is 0 Å². The summed E-state index contributed by atoms with van der Waals surface area (Å²) in [5.41, 5.74) is 1.15. The Bertz CT molecular complexity index is 1160. The van der Waals surface area contributed by atoms with Gasteiger partial charge in [-0.1, -0.05) is 24.3 Å². The molecule has 2 heterocycles.